The van der Waals surface area contributed by atoms with E-state index in [1.807, 2.05) is 74.8 Å². The number of aryl methyl sites for hydroxylation is 2. The van der Waals surface area contributed by atoms with Gasteiger partial charge in [-0.2, -0.15) is 0 Å². The highest BCUT2D eigenvalue weighted by Gasteiger charge is 2.30. The van der Waals surface area contributed by atoms with Crippen LogP contribution in [0.4, 0.5) is 0 Å². The summed E-state index contributed by atoms with van der Waals surface area (Å²) >= 11 is 1.69. The Balaban J connectivity index is 1.13. The molecule has 0 fully saturated rings. The monoisotopic (exact) mass is 965 g/mol. The molecule has 4 heteroatoms. The van der Waals surface area contributed by atoms with E-state index in [0.717, 1.165) is 71.4 Å². The van der Waals surface area contributed by atoms with E-state index in [4.69, 9.17) is 19.1 Å². The van der Waals surface area contributed by atoms with Gasteiger partial charge in [-0.25, -0.2) is 0 Å². The SMILES string of the molecule is [2H]C([2H])([2H])c1ccc(-c2cc(-c3ccc4c(c3)sc3cc(C(C)C)ccc34)c(C([2H])([2H])C([2H])([2H])c3c(C)c(CC(C)(C)c4ccc(-c5ccccc5)nc4)c(C)c(CC(C)(C)c4ccc(-c5ccccc5)nc4)c3C)cn2)cc1. The summed E-state index contributed by atoms with van der Waals surface area (Å²) in [4.78, 5) is 14.7. The number of pyridine rings is 3. The van der Waals surface area contributed by atoms with Crippen molar-refractivity contribution in [2.24, 2.45) is 0 Å². The minimum Gasteiger partial charge on any atom is -0.256 e. The van der Waals surface area contributed by atoms with E-state index in [1.165, 1.54) is 16.5 Å². The van der Waals surface area contributed by atoms with Gasteiger partial charge in [-0.1, -0.05) is 168 Å². The van der Waals surface area contributed by atoms with Crippen molar-refractivity contribution in [3.8, 4) is 44.9 Å². The van der Waals surface area contributed by atoms with Crippen molar-refractivity contribution < 1.29 is 9.60 Å². The maximum absolute atomic E-state index is 10.5. The van der Waals surface area contributed by atoms with Gasteiger partial charge in [0.1, 0.15) is 0 Å². The molecule has 0 spiro atoms. The number of fused-ring (bicyclic) bond motifs is 3. The second-order valence-corrected chi connectivity index (χ2v) is 22.2. The molecule has 4 aromatic heterocycles. The Morgan fingerprint density at radius 1 is 0.500 bits per heavy atom. The lowest BCUT2D eigenvalue weighted by Crippen LogP contribution is -2.26. The van der Waals surface area contributed by atoms with Crippen LogP contribution in [0.1, 0.15) is 118 Å². The number of hydrogen-bond donors (Lipinski definition) is 0. The highest BCUT2D eigenvalue weighted by Crippen LogP contribution is 2.42. The first-order chi connectivity index (χ1) is 37.4. The first-order valence-corrected chi connectivity index (χ1v) is 25.9. The number of benzene rings is 6. The van der Waals surface area contributed by atoms with Crippen molar-refractivity contribution >= 4 is 31.5 Å². The maximum Gasteiger partial charge on any atom is 0.0708 e. The fourth-order valence-electron chi connectivity index (χ4n) is 10.3. The fourth-order valence-corrected chi connectivity index (χ4v) is 11.5. The van der Waals surface area contributed by atoms with Gasteiger partial charge in [0.15, 0.2) is 0 Å². The largest absolute Gasteiger partial charge is 0.256 e. The second kappa shape index (κ2) is 19.9. The summed E-state index contributed by atoms with van der Waals surface area (Å²) in [6.07, 6.45) is 1.22. The number of rotatable bonds is 14. The molecule has 0 bridgehead atoms. The molecular weight excluding hydrogens is 891 g/mol. The summed E-state index contributed by atoms with van der Waals surface area (Å²) in [5.74, 6) is 0.365. The van der Waals surface area contributed by atoms with Crippen LogP contribution < -0.4 is 0 Å². The lowest BCUT2D eigenvalue weighted by atomic mass is 9.72. The molecule has 10 rings (SSSR count). The molecule has 6 aromatic carbocycles. The predicted molar refractivity (Wildman–Crippen MR) is 308 cm³/mol. The lowest BCUT2D eigenvalue weighted by Gasteiger charge is -2.33. The zero-order valence-corrected chi connectivity index (χ0v) is 43.7. The molecule has 0 aliphatic heterocycles. The summed E-state index contributed by atoms with van der Waals surface area (Å²) in [5, 5.41) is 2.24. The third kappa shape index (κ3) is 9.82. The summed E-state index contributed by atoms with van der Waals surface area (Å²) in [5.41, 5.74) is 13.7. The summed E-state index contributed by atoms with van der Waals surface area (Å²) in [6.45, 7) is 17.0. The van der Waals surface area contributed by atoms with E-state index >= 15 is 0 Å². The minimum atomic E-state index is -2.65. The van der Waals surface area contributed by atoms with Crippen molar-refractivity contribution in [3.05, 3.63) is 231 Å². The Morgan fingerprint density at radius 2 is 1.00 bits per heavy atom. The standard InChI is InChI=1S/C68H67N3S/c1-43(2)51-25-31-57-58-32-26-52(36-66(58)72-65(57)35-51)59-37-64(50-23-21-44(3)22-24-50)69-40-53(59)27-30-56-45(4)60(38-67(7,8)54-28-33-62(70-41-54)48-17-13-11-14-18-48)47(6)61(46(56)5)39-68(9,10)55-29-34-63(71-42-55)49-19-15-12-16-20-49/h11-26,28-29,31-37,40-43H,27,30,38-39H2,1-10H3/i3D3,27D2,30D2. The normalized spacial score (nSPS) is 14.1. The van der Waals surface area contributed by atoms with Gasteiger partial charge < -0.3 is 0 Å². The Labute approximate surface area is 442 Å². The van der Waals surface area contributed by atoms with Gasteiger partial charge in [-0.05, 0) is 167 Å². The van der Waals surface area contributed by atoms with Gasteiger partial charge in [0.05, 0.1) is 17.1 Å². The maximum atomic E-state index is 10.5. The molecule has 0 atom stereocenters. The van der Waals surface area contributed by atoms with E-state index in [2.05, 4.69) is 127 Å². The molecule has 0 amide bonds. The molecule has 360 valence electrons. The Morgan fingerprint density at radius 3 is 1.53 bits per heavy atom. The van der Waals surface area contributed by atoms with Gasteiger partial charge >= 0.3 is 0 Å². The molecule has 4 heterocycles. The molecule has 0 unspecified atom stereocenters. The molecule has 0 saturated carbocycles. The molecule has 0 saturated heterocycles. The van der Waals surface area contributed by atoms with Crippen LogP contribution in [0, 0.1) is 27.6 Å². The topological polar surface area (TPSA) is 38.7 Å². The summed E-state index contributed by atoms with van der Waals surface area (Å²) in [6, 6.07) is 49.9. The number of aromatic nitrogens is 3. The van der Waals surface area contributed by atoms with Gasteiger partial charge in [-0.3, -0.25) is 15.0 Å². The lowest BCUT2D eigenvalue weighted by molar-refractivity contribution is 0.507. The average Bonchev–Trinajstić information content (AvgIpc) is 3.96. The van der Waals surface area contributed by atoms with Crippen LogP contribution in [0.15, 0.2) is 170 Å². The van der Waals surface area contributed by atoms with Crippen molar-refractivity contribution in [2.45, 2.75) is 112 Å². The zero-order valence-electron chi connectivity index (χ0n) is 49.9. The van der Waals surface area contributed by atoms with E-state index in [9.17, 15) is 5.48 Å². The molecule has 0 aliphatic carbocycles. The fraction of sp³-hybridized carbons (Fsp3) is 0.250. The highest BCUT2D eigenvalue weighted by atomic mass is 32.1. The van der Waals surface area contributed by atoms with E-state index < -0.39 is 30.4 Å². The summed E-state index contributed by atoms with van der Waals surface area (Å²) < 4.78 is 67.8. The van der Waals surface area contributed by atoms with Crippen LogP contribution in [-0.4, -0.2) is 15.0 Å². The number of thiophene rings is 1. The van der Waals surface area contributed by atoms with Crippen LogP contribution in [-0.2, 0) is 36.4 Å². The van der Waals surface area contributed by atoms with Crippen molar-refractivity contribution in [3.63, 3.8) is 0 Å². The number of nitrogens with zero attached hydrogens (tertiary/aromatic N) is 3. The molecular formula is C68H67N3S. The van der Waals surface area contributed by atoms with Crippen LogP contribution in [0.2, 0.25) is 0 Å². The molecule has 0 radical (unpaired) electrons. The van der Waals surface area contributed by atoms with Crippen molar-refractivity contribution in [1.82, 2.24) is 15.0 Å². The predicted octanol–water partition coefficient (Wildman–Crippen LogP) is 18.1. The quantitative estimate of drug-likeness (QED) is 0.109. The zero-order chi connectivity index (χ0) is 56.4. The Kier molecular flexibility index (Phi) is 11.2. The van der Waals surface area contributed by atoms with E-state index in [-0.39, 0.29) is 11.1 Å². The Hall–Kier alpha value is -7.01. The molecule has 3 nitrogen and oxygen atoms in total. The third-order valence-corrected chi connectivity index (χ3v) is 16.0. The Bertz CT molecular complexity index is 3740. The van der Waals surface area contributed by atoms with Crippen LogP contribution in [0.25, 0.3) is 65.1 Å². The van der Waals surface area contributed by atoms with Crippen molar-refractivity contribution in [2.75, 3.05) is 0 Å². The summed E-state index contributed by atoms with van der Waals surface area (Å²) in [7, 11) is 0. The van der Waals surface area contributed by atoms with Gasteiger partial charge in [0, 0.05) is 65.0 Å². The first-order valence-electron chi connectivity index (χ1n) is 28.6. The van der Waals surface area contributed by atoms with Gasteiger partial charge in [-0.15, -0.1) is 11.3 Å². The van der Waals surface area contributed by atoms with Crippen LogP contribution in [0.3, 0.4) is 0 Å². The van der Waals surface area contributed by atoms with Crippen LogP contribution >= 0.6 is 11.3 Å². The van der Waals surface area contributed by atoms with E-state index in [1.54, 1.807) is 35.6 Å². The third-order valence-electron chi connectivity index (χ3n) is 14.9. The van der Waals surface area contributed by atoms with Crippen LogP contribution in [0.5, 0.6) is 0 Å². The average molecular weight is 965 g/mol. The highest BCUT2D eigenvalue weighted by molar-refractivity contribution is 7.25. The number of hydrogen-bond acceptors (Lipinski definition) is 4. The van der Waals surface area contributed by atoms with E-state index in [0.29, 0.717) is 52.3 Å². The van der Waals surface area contributed by atoms with Crippen molar-refractivity contribution in [1.29, 1.82) is 0 Å². The first kappa shape index (κ1) is 40.6. The van der Waals surface area contributed by atoms with Gasteiger partial charge in [0.25, 0.3) is 0 Å². The molecule has 0 aliphatic rings. The molecule has 10 aromatic rings. The minimum absolute atomic E-state index is 0.111. The van der Waals surface area contributed by atoms with Gasteiger partial charge in [0.2, 0.25) is 0 Å². The molecule has 0 N–H and O–H groups in total. The second-order valence-electron chi connectivity index (χ2n) is 21.1. The molecule has 72 heavy (non-hydrogen) atoms. The smallest absolute Gasteiger partial charge is 0.0708 e.